The molecule has 4 aromatic carbocycles. The Kier molecular flexibility index (Phi) is 6.36. The zero-order chi connectivity index (χ0) is 25.6. The standard InChI is InChI=1S/C33H31IN2O2/c1-2-21-20-36-16-14-22(21)17-31(36)33(28-13-15-35-30-12-11-24(38-34)19-29(28)30)37-32-18-23-7-3-4-8-25(23)26-9-5-6-10-27(26)32/h3-13,15,18-19,21-22,31,33H,2,14,16-17,20H2,1H3/t21?,22?,31?,33-/m0/s1. The van der Waals surface area contributed by atoms with E-state index >= 15 is 0 Å². The van der Waals surface area contributed by atoms with Crippen LogP contribution in [0.3, 0.4) is 0 Å². The van der Waals surface area contributed by atoms with Crippen LogP contribution in [0.15, 0.2) is 85.1 Å². The number of hydrogen-bond donors (Lipinski definition) is 0. The quantitative estimate of drug-likeness (QED) is 0.142. The van der Waals surface area contributed by atoms with Crippen LogP contribution in [0, 0.1) is 11.8 Å². The van der Waals surface area contributed by atoms with Crippen LogP contribution >= 0.6 is 23.0 Å². The van der Waals surface area contributed by atoms with Crippen LogP contribution in [0.5, 0.6) is 11.5 Å². The van der Waals surface area contributed by atoms with Gasteiger partial charge < -0.3 is 7.80 Å². The first-order valence-electron chi connectivity index (χ1n) is 13.7. The van der Waals surface area contributed by atoms with Gasteiger partial charge in [-0.2, -0.15) is 0 Å². The highest BCUT2D eigenvalue weighted by Crippen LogP contribution is 2.46. The van der Waals surface area contributed by atoms with E-state index in [1.54, 1.807) is 0 Å². The Bertz CT molecular complexity index is 1640. The molecule has 0 radical (unpaired) electrons. The van der Waals surface area contributed by atoms with Crippen LogP contribution in [-0.2, 0) is 0 Å². The molecule has 8 rings (SSSR count). The summed E-state index contributed by atoms with van der Waals surface area (Å²) in [7, 11) is 0. The summed E-state index contributed by atoms with van der Waals surface area (Å²) < 4.78 is 12.8. The summed E-state index contributed by atoms with van der Waals surface area (Å²) in [6.07, 6.45) is 5.53. The first-order chi connectivity index (χ1) is 18.7. The molecular weight excluding hydrogens is 583 g/mol. The average Bonchev–Trinajstić information content (AvgIpc) is 2.99. The summed E-state index contributed by atoms with van der Waals surface area (Å²) in [5.41, 5.74) is 2.16. The molecule has 3 saturated heterocycles. The number of fused-ring (bicyclic) bond motifs is 7. The average molecular weight is 615 g/mol. The van der Waals surface area contributed by atoms with Gasteiger partial charge in [-0.05, 0) is 77.7 Å². The molecule has 192 valence electrons. The minimum atomic E-state index is -0.116. The molecule has 0 saturated carbocycles. The lowest BCUT2D eigenvalue weighted by Gasteiger charge is -2.52. The van der Waals surface area contributed by atoms with Gasteiger partial charge >= 0.3 is 0 Å². The SMILES string of the molecule is CCC1CN2CCC1CC2[C@@H](Oc1cc2ccccc2c2ccccc12)c1ccnc2ccc(OI)cc12. The predicted molar refractivity (Wildman–Crippen MR) is 163 cm³/mol. The second-order valence-electron chi connectivity index (χ2n) is 10.9. The van der Waals surface area contributed by atoms with E-state index in [9.17, 15) is 0 Å². The van der Waals surface area contributed by atoms with Crippen molar-refractivity contribution in [3.05, 3.63) is 90.6 Å². The van der Waals surface area contributed by atoms with Crippen molar-refractivity contribution in [3.8, 4) is 11.5 Å². The van der Waals surface area contributed by atoms with E-state index in [0.717, 1.165) is 52.7 Å². The first kappa shape index (κ1) is 24.2. The normalized spacial score (nSPS) is 23.6. The summed E-state index contributed by atoms with van der Waals surface area (Å²) in [5.74, 6) is 3.33. The highest BCUT2D eigenvalue weighted by atomic mass is 127. The van der Waals surface area contributed by atoms with Gasteiger partial charge in [-0.1, -0.05) is 61.9 Å². The van der Waals surface area contributed by atoms with Crippen molar-refractivity contribution in [2.45, 2.75) is 38.3 Å². The maximum absolute atomic E-state index is 7.25. The lowest BCUT2D eigenvalue weighted by Crippen LogP contribution is -2.56. The number of nitrogens with zero attached hydrogens (tertiary/aromatic N) is 2. The molecule has 2 bridgehead atoms. The third-order valence-electron chi connectivity index (χ3n) is 8.94. The summed E-state index contributed by atoms with van der Waals surface area (Å²) in [6, 6.07) is 28.1. The number of aromatic nitrogens is 1. The molecule has 0 spiro atoms. The van der Waals surface area contributed by atoms with E-state index in [1.165, 1.54) is 41.0 Å². The number of hydrogen-bond acceptors (Lipinski definition) is 4. The summed E-state index contributed by atoms with van der Waals surface area (Å²) in [4.78, 5) is 7.39. The van der Waals surface area contributed by atoms with E-state index in [-0.39, 0.29) is 6.10 Å². The fraction of sp³-hybridized carbons (Fsp3) is 0.303. The van der Waals surface area contributed by atoms with E-state index < -0.39 is 0 Å². The monoisotopic (exact) mass is 614 g/mol. The number of ether oxygens (including phenoxy) is 1. The molecule has 5 aromatic rings. The molecule has 4 heterocycles. The Hall–Kier alpha value is -2.90. The third kappa shape index (κ3) is 4.11. The van der Waals surface area contributed by atoms with Crippen LogP contribution in [0.1, 0.15) is 37.9 Å². The molecule has 4 unspecified atom stereocenters. The van der Waals surface area contributed by atoms with Gasteiger partial charge in [0.15, 0.2) is 23.0 Å². The second-order valence-corrected chi connectivity index (χ2v) is 11.3. The minimum Gasteiger partial charge on any atom is -0.483 e. The highest BCUT2D eigenvalue weighted by molar-refractivity contribution is 14.1. The Morgan fingerprint density at radius 3 is 2.55 bits per heavy atom. The van der Waals surface area contributed by atoms with Crippen LogP contribution in [0.25, 0.3) is 32.4 Å². The van der Waals surface area contributed by atoms with Crippen LogP contribution in [0.2, 0.25) is 0 Å². The third-order valence-corrected chi connectivity index (χ3v) is 9.44. The summed E-state index contributed by atoms with van der Waals surface area (Å²) >= 11 is 1.96. The first-order valence-corrected chi connectivity index (χ1v) is 14.6. The molecular formula is C33H31IN2O2. The van der Waals surface area contributed by atoms with Gasteiger partial charge in [0.05, 0.1) is 11.6 Å². The van der Waals surface area contributed by atoms with Gasteiger partial charge in [-0.25, -0.2) is 0 Å². The number of piperidine rings is 3. The number of halogens is 1. The molecule has 38 heavy (non-hydrogen) atoms. The molecule has 0 N–H and O–H groups in total. The zero-order valence-electron chi connectivity index (χ0n) is 21.5. The number of rotatable bonds is 6. The molecule has 3 aliphatic rings. The summed E-state index contributed by atoms with van der Waals surface area (Å²) in [5, 5.41) is 5.96. The zero-order valence-corrected chi connectivity index (χ0v) is 23.7. The largest absolute Gasteiger partial charge is 0.483 e. The van der Waals surface area contributed by atoms with Gasteiger partial charge in [0.2, 0.25) is 0 Å². The molecule has 1 aromatic heterocycles. The van der Waals surface area contributed by atoms with E-state index in [0.29, 0.717) is 6.04 Å². The predicted octanol–water partition coefficient (Wildman–Crippen LogP) is 8.51. The molecule has 3 aliphatic heterocycles. The highest BCUT2D eigenvalue weighted by Gasteiger charge is 2.44. The molecule has 4 nitrogen and oxygen atoms in total. The van der Waals surface area contributed by atoms with E-state index in [2.05, 4.69) is 89.6 Å². The van der Waals surface area contributed by atoms with Gasteiger partial charge in [-0.3, -0.25) is 9.88 Å². The van der Waals surface area contributed by atoms with Crippen LogP contribution < -0.4 is 7.80 Å². The van der Waals surface area contributed by atoms with Gasteiger partial charge in [0.25, 0.3) is 0 Å². The van der Waals surface area contributed by atoms with E-state index in [4.69, 9.17) is 7.80 Å². The summed E-state index contributed by atoms with van der Waals surface area (Å²) in [6.45, 7) is 4.66. The lowest BCUT2D eigenvalue weighted by molar-refractivity contribution is -0.0480. The van der Waals surface area contributed by atoms with Gasteiger partial charge in [0.1, 0.15) is 17.6 Å². The Morgan fingerprint density at radius 2 is 1.76 bits per heavy atom. The number of pyridine rings is 1. The fourth-order valence-electron chi connectivity index (χ4n) is 7.00. The molecule has 0 aliphatic carbocycles. The molecule has 5 atom stereocenters. The maximum Gasteiger partial charge on any atom is 0.192 e. The van der Waals surface area contributed by atoms with Gasteiger partial charge in [-0.15, -0.1) is 0 Å². The smallest absolute Gasteiger partial charge is 0.192 e. The molecule has 3 fully saturated rings. The van der Waals surface area contributed by atoms with Crippen molar-refractivity contribution in [1.82, 2.24) is 9.88 Å². The van der Waals surface area contributed by atoms with Crippen molar-refractivity contribution in [2.75, 3.05) is 13.1 Å². The number of benzene rings is 4. The Labute approximate surface area is 237 Å². The lowest BCUT2D eigenvalue weighted by atomic mass is 9.72. The van der Waals surface area contributed by atoms with Crippen molar-refractivity contribution >= 4 is 55.5 Å². The van der Waals surface area contributed by atoms with Crippen molar-refractivity contribution in [3.63, 3.8) is 0 Å². The van der Waals surface area contributed by atoms with Crippen LogP contribution in [-0.4, -0.2) is 29.0 Å². The second kappa shape index (κ2) is 10.0. The van der Waals surface area contributed by atoms with Crippen LogP contribution in [0.4, 0.5) is 0 Å². The Morgan fingerprint density at radius 1 is 0.947 bits per heavy atom. The maximum atomic E-state index is 7.25. The van der Waals surface area contributed by atoms with Crippen molar-refractivity contribution in [2.24, 2.45) is 11.8 Å². The van der Waals surface area contributed by atoms with E-state index in [1.807, 2.05) is 35.3 Å². The topological polar surface area (TPSA) is 34.6 Å². The molecule has 0 amide bonds. The minimum absolute atomic E-state index is 0.116. The van der Waals surface area contributed by atoms with Crippen molar-refractivity contribution in [1.29, 1.82) is 0 Å². The van der Waals surface area contributed by atoms with Crippen molar-refractivity contribution < 1.29 is 7.80 Å². The fourth-order valence-corrected chi connectivity index (χ4v) is 7.28. The Balaban J connectivity index is 1.41. The van der Waals surface area contributed by atoms with Gasteiger partial charge in [0, 0.05) is 29.1 Å². The molecule has 5 heteroatoms.